The smallest absolute Gasteiger partial charge is 0.221 e. The van der Waals surface area contributed by atoms with Gasteiger partial charge in [-0.2, -0.15) is 0 Å². The normalized spacial score (nSPS) is 19.2. The molecule has 0 radical (unpaired) electrons. The summed E-state index contributed by atoms with van der Waals surface area (Å²) in [5.74, 6) is -0.0197. The summed E-state index contributed by atoms with van der Waals surface area (Å²) >= 11 is 0. The Morgan fingerprint density at radius 1 is 1.41 bits per heavy atom. The topological polar surface area (TPSA) is 41.1 Å². The first-order valence-electron chi connectivity index (χ1n) is 5.86. The zero-order chi connectivity index (χ0) is 11.4. The summed E-state index contributed by atoms with van der Waals surface area (Å²) in [6, 6.07) is 8.55. The van der Waals surface area contributed by atoms with Crippen molar-refractivity contribution < 1.29 is 4.79 Å². The van der Waals surface area contributed by atoms with Gasteiger partial charge >= 0.3 is 0 Å². The molecule has 1 aromatic carbocycles. The Kier molecular flexibility index (Phi) is 5.45. The molecule has 1 aliphatic rings. The lowest BCUT2D eigenvalue weighted by atomic mass is 9.97. The highest BCUT2D eigenvalue weighted by atomic mass is 35.5. The monoisotopic (exact) mass is 254 g/mol. The number of carbonyl (C=O) groups is 1. The number of nitrogens with one attached hydrogen (secondary N) is 2. The van der Waals surface area contributed by atoms with Crippen molar-refractivity contribution in [3.05, 3.63) is 29.8 Å². The van der Waals surface area contributed by atoms with Gasteiger partial charge in [0.05, 0.1) is 0 Å². The number of hydrogen-bond acceptors (Lipinski definition) is 2. The molecular weight excluding hydrogens is 236 g/mol. The molecule has 0 unspecified atom stereocenters. The number of carbonyl (C=O) groups excluding carboxylic acids is 1. The van der Waals surface area contributed by atoms with Gasteiger partial charge in [-0.1, -0.05) is 18.6 Å². The summed E-state index contributed by atoms with van der Waals surface area (Å²) < 4.78 is 0. The number of amides is 1. The Labute approximate surface area is 108 Å². The van der Waals surface area contributed by atoms with Gasteiger partial charge in [0, 0.05) is 18.7 Å². The van der Waals surface area contributed by atoms with E-state index in [-0.39, 0.29) is 18.3 Å². The maximum absolute atomic E-state index is 11.0. The van der Waals surface area contributed by atoms with Crippen LogP contribution in [0.15, 0.2) is 24.3 Å². The molecule has 0 aliphatic carbocycles. The summed E-state index contributed by atoms with van der Waals surface area (Å²) in [4.78, 5) is 11.0. The van der Waals surface area contributed by atoms with Crippen LogP contribution < -0.4 is 10.6 Å². The molecule has 1 saturated heterocycles. The van der Waals surface area contributed by atoms with E-state index in [0.717, 1.165) is 12.2 Å². The summed E-state index contributed by atoms with van der Waals surface area (Å²) in [5, 5.41) is 6.32. The van der Waals surface area contributed by atoms with Gasteiger partial charge in [0.1, 0.15) is 0 Å². The highest BCUT2D eigenvalue weighted by Gasteiger charge is 2.14. The van der Waals surface area contributed by atoms with Crippen molar-refractivity contribution in [3.63, 3.8) is 0 Å². The molecule has 1 atom stereocenters. The summed E-state index contributed by atoms with van der Waals surface area (Å²) in [5.41, 5.74) is 2.16. The number of benzene rings is 1. The van der Waals surface area contributed by atoms with Crippen LogP contribution in [0.4, 0.5) is 5.69 Å². The second-order valence-corrected chi connectivity index (χ2v) is 4.31. The predicted octanol–water partition coefficient (Wildman–Crippen LogP) is 2.88. The molecule has 0 spiro atoms. The lowest BCUT2D eigenvalue weighted by Crippen LogP contribution is -2.26. The van der Waals surface area contributed by atoms with Crippen LogP contribution in [-0.4, -0.2) is 12.5 Å². The van der Waals surface area contributed by atoms with Crippen LogP contribution in [0.1, 0.15) is 37.8 Å². The second-order valence-electron chi connectivity index (χ2n) is 4.31. The van der Waals surface area contributed by atoms with E-state index in [2.05, 4.69) is 22.8 Å². The molecule has 1 aromatic rings. The average molecular weight is 255 g/mol. The van der Waals surface area contributed by atoms with Gasteiger partial charge in [-0.15, -0.1) is 12.4 Å². The van der Waals surface area contributed by atoms with Crippen LogP contribution in [0.3, 0.4) is 0 Å². The fourth-order valence-electron chi connectivity index (χ4n) is 2.17. The molecule has 0 saturated carbocycles. The van der Waals surface area contributed by atoms with Gasteiger partial charge in [0.25, 0.3) is 0 Å². The molecule has 4 heteroatoms. The highest BCUT2D eigenvalue weighted by Crippen LogP contribution is 2.24. The van der Waals surface area contributed by atoms with Crippen LogP contribution in [0, 0.1) is 0 Å². The Hall–Kier alpha value is -1.06. The maximum Gasteiger partial charge on any atom is 0.221 e. The third-order valence-electron chi connectivity index (χ3n) is 2.92. The largest absolute Gasteiger partial charge is 0.326 e. The highest BCUT2D eigenvalue weighted by molar-refractivity contribution is 5.88. The molecule has 3 nitrogen and oxygen atoms in total. The second kappa shape index (κ2) is 6.62. The van der Waals surface area contributed by atoms with Crippen molar-refractivity contribution in [2.75, 3.05) is 11.9 Å². The third kappa shape index (κ3) is 4.02. The van der Waals surface area contributed by atoms with Crippen molar-refractivity contribution in [1.29, 1.82) is 0 Å². The predicted molar refractivity (Wildman–Crippen MR) is 72.6 cm³/mol. The molecule has 0 bridgehead atoms. The summed E-state index contributed by atoms with van der Waals surface area (Å²) in [6.45, 7) is 2.63. The minimum Gasteiger partial charge on any atom is -0.326 e. The number of halogens is 1. The van der Waals surface area contributed by atoms with E-state index in [1.807, 2.05) is 12.1 Å². The van der Waals surface area contributed by atoms with Gasteiger partial charge in [-0.3, -0.25) is 4.79 Å². The van der Waals surface area contributed by atoms with Crippen LogP contribution >= 0.6 is 12.4 Å². The van der Waals surface area contributed by atoms with Gasteiger partial charge in [0.15, 0.2) is 0 Å². The molecule has 1 fully saturated rings. The zero-order valence-corrected chi connectivity index (χ0v) is 10.8. The molecule has 1 heterocycles. The standard InChI is InChI=1S/C13H18N2O.ClH/c1-10(16)15-12-6-4-5-11(9-12)13-7-2-3-8-14-13;/h4-6,9,13-14H,2-3,7-8H2,1H3,(H,15,16);1H/t13-;/m0./s1. The van der Waals surface area contributed by atoms with Crippen LogP contribution in [0.25, 0.3) is 0 Å². The molecule has 94 valence electrons. The van der Waals surface area contributed by atoms with Gasteiger partial charge in [-0.05, 0) is 37.1 Å². The first-order chi connectivity index (χ1) is 7.75. The van der Waals surface area contributed by atoms with Crippen molar-refractivity contribution >= 4 is 24.0 Å². The number of rotatable bonds is 2. The average Bonchev–Trinajstić information content (AvgIpc) is 2.30. The van der Waals surface area contributed by atoms with Gasteiger partial charge in [-0.25, -0.2) is 0 Å². The quantitative estimate of drug-likeness (QED) is 0.852. The number of piperidine rings is 1. The SMILES string of the molecule is CC(=O)Nc1cccc([C@@H]2CCCCN2)c1.Cl. The Morgan fingerprint density at radius 2 is 2.24 bits per heavy atom. The van der Waals surface area contributed by atoms with E-state index in [4.69, 9.17) is 0 Å². The van der Waals surface area contributed by atoms with Gasteiger partial charge < -0.3 is 10.6 Å². The number of anilines is 1. The van der Waals surface area contributed by atoms with E-state index in [1.165, 1.54) is 31.7 Å². The van der Waals surface area contributed by atoms with Gasteiger partial charge in [0.2, 0.25) is 5.91 Å². The van der Waals surface area contributed by atoms with E-state index in [0.29, 0.717) is 6.04 Å². The maximum atomic E-state index is 11.0. The Morgan fingerprint density at radius 3 is 2.88 bits per heavy atom. The fraction of sp³-hybridized carbons (Fsp3) is 0.462. The first-order valence-corrected chi connectivity index (χ1v) is 5.86. The minimum atomic E-state index is -0.0197. The lowest BCUT2D eigenvalue weighted by molar-refractivity contribution is -0.114. The minimum absolute atomic E-state index is 0. The molecule has 1 amide bonds. The molecule has 2 rings (SSSR count). The zero-order valence-electron chi connectivity index (χ0n) is 10.0. The van der Waals surface area contributed by atoms with Crippen LogP contribution in [0.2, 0.25) is 0 Å². The molecule has 2 N–H and O–H groups in total. The van der Waals surface area contributed by atoms with Crippen molar-refractivity contribution in [2.24, 2.45) is 0 Å². The van der Waals surface area contributed by atoms with E-state index in [1.54, 1.807) is 0 Å². The molecule has 17 heavy (non-hydrogen) atoms. The Bertz CT molecular complexity index is 375. The van der Waals surface area contributed by atoms with E-state index < -0.39 is 0 Å². The summed E-state index contributed by atoms with van der Waals surface area (Å²) in [6.07, 6.45) is 3.73. The van der Waals surface area contributed by atoms with Crippen LogP contribution in [0.5, 0.6) is 0 Å². The number of hydrogen-bond donors (Lipinski definition) is 2. The van der Waals surface area contributed by atoms with Crippen molar-refractivity contribution in [3.8, 4) is 0 Å². The fourth-order valence-corrected chi connectivity index (χ4v) is 2.17. The van der Waals surface area contributed by atoms with E-state index >= 15 is 0 Å². The molecule has 0 aromatic heterocycles. The first kappa shape index (κ1) is 14.0. The van der Waals surface area contributed by atoms with E-state index in [9.17, 15) is 4.79 Å². The molecular formula is C13H19ClN2O. The Balaban J connectivity index is 0.00000144. The molecule has 1 aliphatic heterocycles. The lowest BCUT2D eigenvalue weighted by Gasteiger charge is -2.24. The van der Waals surface area contributed by atoms with Crippen LogP contribution in [-0.2, 0) is 4.79 Å². The summed E-state index contributed by atoms with van der Waals surface area (Å²) in [7, 11) is 0. The van der Waals surface area contributed by atoms with Crippen molar-refractivity contribution in [2.45, 2.75) is 32.2 Å². The third-order valence-corrected chi connectivity index (χ3v) is 2.92. The van der Waals surface area contributed by atoms with Crippen molar-refractivity contribution in [1.82, 2.24) is 5.32 Å².